The number of para-hydroxylation sites is 3. The molecule has 2 aliphatic rings. The van der Waals surface area contributed by atoms with Crippen LogP contribution in [-0.2, 0) is 42.7 Å². The normalized spacial score (nSPS) is 17.2. The summed E-state index contributed by atoms with van der Waals surface area (Å²) in [6, 6.07) is 29.6. The Bertz CT molecular complexity index is 4210. The maximum absolute atomic E-state index is 10.4. The Morgan fingerprint density at radius 2 is 1.33 bits per heavy atom. The number of nitrogens with zero attached hydrogens (tertiary/aromatic N) is 4. The quantitative estimate of drug-likeness (QED) is 0.142. The average Bonchev–Trinajstić information content (AvgIpc) is 2.39. The van der Waals surface area contributed by atoms with Crippen molar-refractivity contribution in [3.63, 3.8) is 0 Å². The van der Waals surface area contributed by atoms with E-state index in [1.54, 1.807) is 29.0 Å². The van der Waals surface area contributed by atoms with Gasteiger partial charge in [-0.2, -0.15) is 12.1 Å². The molecule has 374 valence electrons. The fraction of sp³-hybridized carbons (Fsp3) is 0.284. The number of anilines is 4. The third kappa shape index (κ3) is 9.11. The molecule has 0 bridgehead atoms. The molecule has 0 saturated carbocycles. The van der Waals surface area contributed by atoms with E-state index in [0.717, 1.165) is 29.5 Å². The van der Waals surface area contributed by atoms with E-state index in [4.69, 9.17) is 16.6 Å². The number of hydrogen-bond donors (Lipinski definition) is 0. The minimum atomic E-state index is -0.767. The van der Waals surface area contributed by atoms with Crippen LogP contribution in [0.15, 0.2) is 152 Å². The molecule has 0 N–H and O–H groups in total. The van der Waals surface area contributed by atoms with E-state index in [0.29, 0.717) is 72.9 Å². The maximum atomic E-state index is 10.4. The van der Waals surface area contributed by atoms with Crippen LogP contribution in [0.3, 0.4) is 0 Å². The summed E-state index contributed by atoms with van der Waals surface area (Å²) in [6.07, 6.45) is 3.25. The van der Waals surface area contributed by atoms with Gasteiger partial charge in [0.15, 0.2) is 0 Å². The van der Waals surface area contributed by atoms with Gasteiger partial charge in [-0.3, -0.25) is 0 Å². The Kier molecular flexibility index (Phi) is 9.68. The molecule has 0 fully saturated rings. The molecular formula is C67H67N4OPt-3. The first-order chi connectivity index (χ1) is 38.8. The van der Waals surface area contributed by atoms with Gasteiger partial charge in [-0.15, -0.1) is 48.1 Å². The summed E-state index contributed by atoms with van der Waals surface area (Å²) < 4.78 is 112. The Labute approximate surface area is 464 Å². The van der Waals surface area contributed by atoms with Gasteiger partial charge >= 0.3 is 0 Å². The van der Waals surface area contributed by atoms with Crippen LogP contribution in [0.25, 0.3) is 49.9 Å². The van der Waals surface area contributed by atoms with E-state index >= 15 is 0 Å². The number of ether oxygens (including phenoxy) is 1. The van der Waals surface area contributed by atoms with Gasteiger partial charge in [0.1, 0.15) is 5.82 Å². The van der Waals surface area contributed by atoms with Gasteiger partial charge in [0, 0.05) is 72.5 Å². The summed E-state index contributed by atoms with van der Waals surface area (Å²) in [6.45, 7) is 26.3. The van der Waals surface area contributed by atoms with E-state index in [1.807, 2.05) is 97.9 Å². The molecule has 73 heavy (non-hydrogen) atoms. The van der Waals surface area contributed by atoms with Crippen molar-refractivity contribution < 1.29 is 40.9 Å². The van der Waals surface area contributed by atoms with Crippen LogP contribution in [-0.4, -0.2) is 9.55 Å². The molecule has 9 aromatic rings. The molecular weight excluding hydrogens is 1070 g/mol. The van der Waals surface area contributed by atoms with Crippen molar-refractivity contribution >= 4 is 44.6 Å². The van der Waals surface area contributed by atoms with Crippen LogP contribution >= 0.6 is 0 Å². The predicted octanol–water partition coefficient (Wildman–Crippen LogP) is 18.4. The van der Waals surface area contributed by atoms with Gasteiger partial charge in [-0.05, 0) is 127 Å². The number of hydrogen-bond acceptors (Lipinski definition) is 4. The fourth-order valence-electron chi connectivity index (χ4n) is 10.1. The number of pyridine rings is 1. The molecule has 11 rings (SSSR count). The van der Waals surface area contributed by atoms with Crippen LogP contribution in [0, 0.1) is 18.8 Å². The Hall–Kier alpha value is -6.42. The van der Waals surface area contributed by atoms with E-state index in [-0.39, 0.29) is 116 Å². The second-order valence-electron chi connectivity index (χ2n) is 23.0. The largest absolute Gasteiger partial charge is 0.509 e. The standard InChI is InChI=1S/C67H67N4O.Pt/c1-43(2)44-31-34-68-62(37-44)71-58-24-14-13-23-52(58)53-29-28-51(41-61(53)71)72-50-22-18-21-49(40-50)69-42-70(60-26-16-15-25-59(60)69)63-54(45-19-17-20-47(35-45)64(3,4)5)38-48(65(6,7)8)39-55(63)46-27-30-56-57(36-46)67(11,12)33-32-66(56,9)10;/h13-31,34-39,42-43H,32-33H2,1-12H3;/q-3;/i13D,14D,17D,19D,20D,23D,24D,27D,30D,35D,36D;. The van der Waals surface area contributed by atoms with Crippen molar-refractivity contribution in [2.45, 2.75) is 124 Å². The average molecular weight is 1150 g/mol. The molecule has 6 heteroatoms. The van der Waals surface area contributed by atoms with Crippen LogP contribution in [0.4, 0.5) is 22.7 Å². The smallest absolute Gasteiger partial charge is 0.135 e. The van der Waals surface area contributed by atoms with Crippen LogP contribution in [0.5, 0.6) is 11.5 Å². The minimum Gasteiger partial charge on any atom is -0.509 e. The molecule has 0 radical (unpaired) electrons. The maximum Gasteiger partial charge on any atom is 0.135 e. The first-order valence-electron chi connectivity index (χ1n) is 30.5. The molecule has 5 nitrogen and oxygen atoms in total. The van der Waals surface area contributed by atoms with Crippen molar-refractivity contribution in [2.24, 2.45) is 0 Å². The third-order valence-electron chi connectivity index (χ3n) is 14.5. The van der Waals surface area contributed by atoms with Gasteiger partial charge in [0.05, 0.1) is 15.1 Å². The van der Waals surface area contributed by atoms with Gasteiger partial charge in [0.2, 0.25) is 0 Å². The van der Waals surface area contributed by atoms with Crippen molar-refractivity contribution in [3.8, 4) is 39.6 Å². The van der Waals surface area contributed by atoms with Gasteiger partial charge in [-0.1, -0.05) is 161 Å². The van der Waals surface area contributed by atoms with E-state index in [1.165, 1.54) is 0 Å². The number of fused-ring (bicyclic) bond motifs is 5. The SMILES string of the molecule is [2H]c1c([2H])c(-c2cc(C(C)(C)C)cc(-c3c([2H])c([2H])c4c(c3[2H])C(C)(C)CCC4(C)C)c2N2[CH-]N(c3[c-]c(Oc4[c-]c5c(cc4)c4c([2H])c([2H])c([2H])c([2H])c4n5-c4cc(C(C)C)ccn4)ccc3)c3ccccc32)c([2H])c(C(C)(C)C)c1[2H].[Pt]. The second kappa shape index (κ2) is 18.5. The molecule has 0 unspecified atom stereocenters. The van der Waals surface area contributed by atoms with Crippen molar-refractivity contribution in [3.05, 3.63) is 198 Å². The van der Waals surface area contributed by atoms with Gasteiger partial charge in [0.25, 0.3) is 0 Å². The van der Waals surface area contributed by atoms with E-state index in [2.05, 4.69) is 74.4 Å². The molecule has 1 aliphatic carbocycles. The zero-order valence-electron chi connectivity index (χ0n) is 54.7. The Balaban J connectivity index is 0.00000786. The van der Waals surface area contributed by atoms with Crippen LogP contribution < -0.4 is 14.5 Å². The van der Waals surface area contributed by atoms with Crippen LogP contribution in [0.2, 0.25) is 0 Å². The Morgan fingerprint density at radius 1 is 0.658 bits per heavy atom. The number of benzene rings is 7. The molecule has 3 heterocycles. The van der Waals surface area contributed by atoms with Gasteiger partial charge in [-0.25, -0.2) is 4.98 Å². The predicted molar refractivity (Wildman–Crippen MR) is 302 cm³/mol. The number of rotatable bonds is 8. The first kappa shape index (κ1) is 38.2. The van der Waals surface area contributed by atoms with E-state index < -0.39 is 21.7 Å². The summed E-state index contributed by atoms with van der Waals surface area (Å²) in [5.74, 6) is 1.22. The van der Waals surface area contributed by atoms with Gasteiger partial charge < -0.3 is 19.1 Å². The molecule has 0 saturated heterocycles. The molecule has 0 spiro atoms. The zero-order chi connectivity index (χ0) is 60.1. The third-order valence-corrected chi connectivity index (χ3v) is 14.5. The molecule has 7 aromatic carbocycles. The van der Waals surface area contributed by atoms with Crippen molar-refractivity contribution in [1.29, 1.82) is 0 Å². The second-order valence-corrected chi connectivity index (χ2v) is 23.0. The molecule has 1 aliphatic heterocycles. The monoisotopic (exact) mass is 1150 g/mol. The van der Waals surface area contributed by atoms with Crippen molar-refractivity contribution in [2.75, 3.05) is 9.80 Å². The topological polar surface area (TPSA) is 33.5 Å². The summed E-state index contributed by atoms with van der Waals surface area (Å²) >= 11 is 0. The summed E-state index contributed by atoms with van der Waals surface area (Å²) in [5.41, 5.74) is 5.55. The first-order valence-corrected chi connectivity index (χ1v) is 25.0. The zero-order valence-corrected chi connectivity index (χ0v) is 45.9. The minimum absolute atomic E-state index is 0. The molecule has 0 amide bonds. The Morgan fingerprint density at radius 3 is 2.04 bits per heavy atom. The summed E-state index contributed by atoms with van der Waals surface area (Å²) in [5, 5.41) is 0.882. The molecule has 0 atom stereocenters. The van der Waals surface area contributed by atoms with Crippen LogP contribution in [0.1, 0.15) is 145 Å². The number of aromatic nitrogens is 2. The van der Waals surface area contributed by atoms with Crippen molar-refractivity contribution in [1.82, 2.24) is 9.55 Å². The summed E-state index contributed by atoms with van der Waals surface area (Å²) in [7, 11) is 0. The van der Waals surface area contributed by atoms with E-state index in [9.17, 15) is 8.22 Å². The fourth-order valence-corrected chi connectivity index (χ4v) is 10.1. The summed E-state index contributed by atoms with van der Waals surface area (Å²) in [4.78, 5) is 8.60. The molecule has 2 aromatic heterocycles.